The van der Waals surface area contributed by atoms with Crippen molar-refractivity contribution in [2.24, 2.45) is 4.99 Å². The molecule has 0 aliphatic carbocycles. The fourth-order valence-electron chi connectivity index (χ4n) is 2.50. The van der Waals surface area contributed by atoms with Gasteiger partial charge in [0.05, 0.1) is 34.8 Å². The molecule has 0 unspecified atom stereocenters. The Bertz CT molecular complexity index is 762. The Balaban J connectivity index is 2.15. The van der Waals surface area contributed by atoms with Gasteiger partial charge in [-0.3, -0.25) is 4.79 Å². The van der Waals surface area contributed by atoms with Crippen LogP contribution in [0.3, 0.4) is 0 Å². The lowest BCUT2D eigenvalue weighted by Crippen LogP contribution is -2.32. The van der Waals surface area contributed by atoms with Gasteiger partial charge in [-0.2, -0.15) is 0 Å². The third kappa shape index (κ3) is 2.76. The van der Waals surface area contributed by atoms with E-state index in [0.29, 0.717) is 17.2 Å². The summed E-state index contributed by atoms with van der Waals surface area (Å²) < 4.78 is 5.86. The van der Waals surface area contributed by atoms with Crippen molar-refractivity contribution >= 4 is 39.9 Å². The topological polar surface area (TPSA) is 54.8 Å². The van der Waals surface area contributed by atoms with Gasteiger partial charge in [0.1, 0.15) is 4.83 Å². The number of carbonyl (C=O) groups is 1. The monoisotopic (exact) mass is 317 g/mol. The first-order valence-electron chi connectivity index (χ1n) is 7.15. The Morgan fingerprint density at radius 2 is 2.23 bits per heavy atom. The van der Waals surface area contributed by atoms with Gasteiger partial charge >= 0.3 is 0 Å². The maximum Gasteiger partial charge on any atom is 0.162 e. The molecule has 0 N–H and O–H groups in total. The van der Waals surface area contributed by atoms with Gasteiger partial charge in [0.15, 0.2) is 6.29 Å². The second-order valence-electron chi connectivity index (χ2n) is 6.31. The maximum absolute atomic E-state index is 11.3. The van der Waals surface area contributed by atoms with Crippen LogP contribution in [0.2, 0.25) is 0 Å². The van der Waals surface area contributed by atoms with Crippen molar-refractivity contribution in [1.29, 1.82) is 0 Å². The summed E-state index contributed by atoms with van der Waals surface area (Å²) in [4.78, 5) is 23.9. The summed E-state index contributed by atoms with van der Waals surface area (Å²) in [5.74, 6) is 0. The number of rotatable bonds is 3. The molecule has 0 spiro atoms. The van der Waals surface area contributed by atoms with E-state index in [9.17, 15) is 4.79 Å². The molecule has 2 aromatic heterocycles. The minimum absolute atomic E-state index is 0.190. The summed E-state index contributed by atoms with van der Waals surface area (Å²) in [6.07, 6.45) is 3.34. The number of fused-ring (bicyclic) bond motifs is 2. The highest BCUT2D eigenvalue weighted by atomic mass is 32.1. The fourth-order valence-corrected chi connectivity index (χ4v) is 3.44. The van der Waals surface area contributed by atoms with E-state index in [4.69, 9.17) is 9.72 Å². The molecule has 0 saturated heterocycles. The summed E-state index contributed by atoms with van der Waals surface area (Å²) in [6, 6.07) is 2.07. The van der Waals surface area contributed by atoms with Crippen LogP contribution < -0.4 is 0 Å². The van der Waals surface area contributed by atoms with Crippen molar-refractivity contribution in [3.05, 3.63) is 22.2 Å². The van der Waals surface area contributed by atoms with Crippen molar-refractivity contribution in [3.8, 4) is 0 Å². The average molecular weight is 317 g/mol. The third-order valence-electron chi connectivity index (χ3n) is 3.59. The molecule has 0 aromatic carbocycles. The molecule has 0 saturated carbocycles. The Morgan fingerprint density at radius 3 is 2.91 bits per heavy atom. The molecular formula is C16H19N3O2S. The zero-order valence-electron chi connectivity index (χ0n) is 13.2. The van der Waals surface area contributed by atoms with Crippen molar-refractivity contribution < 1.29 is 9.53 Å². The van der Waals surface area contributed by atoms with Crippen LogP contribution in [-0.2, 0) is 17.8 Å². The van der Waals surface area contributed by atoms with Gasteiger partial charge in [-0.1, -0.05) is 0 Å². The van der Waals surface area contributed by atoms with E-state index in [2.05, 4.69) is 24.9 Å². The molecule has 0 amide bonds. The highest BCUT2D eigenvalue weighted by Crippen LogP contribution is 2.38. The predicted molar refractivity (Wildman–Crippen MR) is 89.4 cm³/mol. The van der Waals surface area contributed by atoms with Crippen LogP contribution in [-0.4, -0.2) is 42.2 Å². The van der Waals surface area contributed by atoms with E-state index in [1.807, 2.05) is 19.0 Å². The third-order valence-corrected chi connectivity index (χ3v) is 4.60. The van der Waals surface area contributed by atoms with Crippen LogP contribution in [0.25, 0.3) is 10.2 Å². The van der Waals surface area contributed by atoms with Crippen LogP contribution >= 0.6 is 11.3 Å². The smallest absolute Gasteiger partial charge is 0.162 e. The fraction of sp³-hybridized carbons (Fsp3) is 0.438. The van der Waals surface area contributed by atoms with Gasteiger partial charge in [0.25, 0.3) is 0 Å². The quantitative estimate of drug-likeness (QED) is 0.496. The summed E-state index contributed by atoms with van der Waals surface area (Å²) in [5.41, 5.74) is 2.66. The SMILES string of the molecule is CN(C)/C=N\c1c(C=O)sc2nc3c(cc12)COC(C)(C)C3. The first-order valence-corrected chi connectivity index (χ1v) is 7.96. The lowest BCUT2D eigenvalue weighted by Gasteiger charge is -2.30. The zero-order valence-corrected chi connectivity index (χ0v) is 14.0. The van der Waals surface area contributed by atoms with Crippen molar-refractivity contribution in [2.75, 3.05) is 14.1 Å². The number of aldehydes is 1. The van der Waals surface area contributed by atoms with Gasteiger partial charge in [-0.15, -0.1) is 11.3 Å². The number of pyridine rings is 1. The summed E-state index contributed by atoms with van der Waals surface area (Å²) in [6.45, 7) is 4.69. The zero-order chi connectivity index (χ0) is 15.9. The van der Waals surface area contributed by atoms with Gasteiger partial charge in [0.2, 0.25) is 0 Å². The molecule has 22 heavy (non-hydrogen) atoms. The van der Waals surface area contributed by atoms with Gasteiger partial charge < -0.3 is 9.64 Å². The molecule has 1 aliphatic rings. The highest BCUT2D eigenvalue weighted by molar-refractivity contribution is 7.20. The summed E-state index contributed by atoms with van der Waals surface area (Å²) in [5, 5.41) is 0.923. The molecule has 2 aromatic rings. The number of aromatic nitrogens is 1. The molecule has 5 nitrogen and oxygen atoms in total. The van der Waals surface area contributed by atoms with Crippen molar-refractivity contribution in [3.63, 3.8) is 0 Å². The standard InChI is InChI=1S/C16H19N3O2S/c1-16(2)6-12-10(8-21-16)5-11-14(17-9-19(3)4)13(7-20)22-15(11)18-12/h5,7,9H,6,8H2,1-4H3/b17-9-. The highest BCUT2D eigenvalue weighted by Gasteiger charge is 2.28. The normalized spacial score (nSPS) is 16.9. The number of aliphatic imine (C=N–C) groups is 1. The molecule has 3 rings (SSSR count). The Hall–Kier alpha value is -1.79. The average Bonchev–Trinajstić information content (AvgIpc) is 2.78. The first kappa shape index (κ1) is 15.1. The molecular weight excluding hydrogens is 298 g/mol. The van der Waals surface area contributed by atoms with Crippen molar-refractivity contribution in [2.45, 2.75) is 32.5 Å². The second kappa shape index (κ2) is 5.44. The number of carbonyl (C=O) groups excluding carboxylic acids is 1. The number of hydrogen-bond acceptors (Lipinski definition) is 5. The van der Waals surface area contributed by atoms with E-state index in [0.717, 1.165) is 34.2 Å². The minimum atomic E-state index is -0.190. The molecule has 3 heterocycles. The minimum Gasteiger partial charge on any atom is -0.370 e. The van der Waals surface area contributed by atoms with Crippen molar-refractivity contribution in [1.82, 2.24) is 9.88 Å². The summed E-state index contributed by atoms with van der Waals surface area (Å²) in [7, 11) is 3.80. The number of nitrogens with zero attached hydrogens (tertiary/aromatic N) is 3. The van der Waals surface area contributed by atoms with Crippen LogP contribution in [0.4, 0.5) is 5.69 Å². The van der Waals surface area contributed by atoms with E-state index < -0.39 is 0 Å². The maximum atomic E-state index is 11.3. The van der Waals surface area contributed by atoms with Crippen LogP contribution in [0, 0.1) is 0 Å². The Kier molecular flexibility index (Phi) is 3.74. The Morgan fingerprint density at radius 1 is 1.45 bits per heavy atom. The second-order valence-corrected chi connectivity index (χ2v) is 7.34. The van der Waals surface area contributed by atoms with E-state index >= 15 is 0 Å². The van der Waals surface area contributed by atoms with E-state index in [-0.39, 0.29) is 5.60 Å². The van der Waals surface area contributed by atoms with Crippen LogP contribution in [0.5, 0.6) is 0 Å². The number of ether oxygens (including phenoxy) is 1. The molecule has 116 valence electrons. The van der Waals surface area contributed by atoms with E-state index in [1.165, 1.54) is 11.3 Å². The number of thiophene rings is 1. The lowest BCUT2D eigenvalue weighted by molar-refractivity contribution is -0.0411. The molecule has 6 heteroatoms. The Labute approximate surface area is 133 Å². The molecule has 0 atom stereocenters. The van der Waals surface area contributed by atoms with Gasteiger partial charge in [0, 0.05) is 31.5 Å². The molecule has 1 aliphatic heterocycles. The largest absolute Gasteiger partial charge is 0.370 e. The van der Waals surface area contributed by atoms with Gasteiger partial charge in [-0.05, 0) is 19.9 Å². The lowest BCUT2D eigenvalue weighted by atomic mass is 9.95. The molecule has 0 radical (unpaired) electrons. The molecule has 0 bridgehead atoms. The summed E-state index contributed by atoms with van der Waals surface area (Å²) >= 11 is 1.40. The van der Waals surface area contributed by atoms with E-state index in [1.54, 1.807) is 6.34 Å². The van der Waals surface area contributed by atoms with Crippen LogP contribution in [0.15, 0.2) is 11.1 Å². The van der Waals surface area contributed by atoms with Crippen LogP contribution in [0.1, 0.15) is 34.8 Å². The van der Waals surface area contributed by atoms with Gasteiger partial charge in [-0.25, -0.2) is 9.98 Å². The number of hydrogen-bond donors (Lipinski definition) is 0. The first-order chi connectivity index (χ1) is 10.4. The predicted octanol–water partition coefficient (Wildman–Crippen LogP) is 3.18. The molecule has 0 fully saturated rings.